The zero-order valence-electron chi connectivity index (χ0n) is 7.81. The van der Waals surface area contributed by atoms with E-state index < -0.39 is 20.6 Å². The Balaban J connectivity index is 2.80. The Morgan fingerprint density at radius 2 is 1.75 bits per heavy atom. The summed E-state index contributed by atoms with van der Waals surface area (Å²) >= 11 is 0. The topological polar surface area (TPSA) is 68.3 Å². The molecule has 0 fully saturated rings. The van der Waals surface area contributed by atoms with E-state index >= 15 is 0 Å². The molecule has 0 unspecified atom stereocenters. The van der Waals surface area contributed by atoms with Crippen LogP contribution < -0.4 is 0 Å². The third-order valence-corrected chi connectivity index (χ3v) is 3.58. The molecule has 1 aromatic rings. The monoisotopic (exact) mass is 256 g/mol. The molecular weight excluding hydrogens is 252 g/mol. The number of benzene rings is 1. The lowest BCUT2D eigenvalue weighted by Gasteiger charge is -2.10. The third-order valence-electron chi connectivity index (χ3n) is 2.20. The molecule has 82 valence electrons. The fraction of sp³-hybridized carbons (Fsp3) is 0. The van der Waals surface area contributed by atoms with Crippen molar-refractivity contribution in [1.29, 1.82) is 0 Å². The molecule has 0 saturated heterocycles. The molecule has 0 aromatic heterocycles. The summed E-state index contributed by atoms with van der Waals surface area (Å²) in [6, 6.07) is 4.05. The highest BCUT2D eigenvalue weighted by atomic mass is 35.7. The number of fused-ring (bicyclic) bond motifs is 1. The molecule has 1 aliphatic carbocycles. The van der Waals surface area contributed by atoms with E-state index in [4.69, 9.17) is 10.7 Å². The second-order valence-corrected chi connectivity index (χ2v) is 5.72. The van der Waals surface area contributed by atoms with Crippen LogP contribution in [0.4, 0.5) is 0 Å². The van der Waals surface area contributed by atoms with E-state index in [0.717, 1.165) is 6.08 Å². The predicted molar refractivity (Wildman–Crippen MR) is 57.9 cm³/mol. The molecule has 0 heterocycles. The van der Waals surface area contributed by atoms with Gasteiger partial charge in [-0.2, -0.15) is 0 Å². The average Bonchev–Trinajstić information content (AvgIpc) is 2.21. The Hall–Kier alpha value is -1.46. The molecule has 16 heavy (non-hydrogen) atoms. The van der Waals surface area contributed by atoms with E-state index in [2.05, 4.69) is 0 Å². The zero-order chi connectivity index (χ0) is 11.9. The largest absolute Gasteiger partial charge is 0.286 e. The van der Waals surface area contributed by atoms with Crippen LogP contribution in [0, 0.1) is 0 Å². The Kier molecular flexibility index (Phi) is 2.44. The van der Waals surface area contributed by atoms with E-state index in [9.17, 15) is 18.0 Å². The number of rotatable bonds is 1. The normalized spacial score (nSPS) is 15.1. The van der Waals surface area contributed by atoms with Gasteiger partial charge < -0.3 is 0 Å². The van der Waals surface area contributed by atoms with Crippen LogP contribution in [0.5, 0.6) is 0 Å². The third kappa shape index (κ3) is 1.68. The van der Waals surface area contributed by atoms with Crippen LogP contribution >= 0.6 is 10.7 Å². The predicted octanol–water partition coefficient (Wildman–Crippen LogP) is 1.39. The SMILES string of the molecule is O=C1C=Cc2c(cccc2S(=O)(=O)Cl)C1=O. The second-order valence-electron chi connectivity index (χ2n) is 3.18. The van der Waals surface area contributed by atoms with Crippen molar-refractivity contribution in [2.45, 2.75) is 4.90 Å². The van der Waals surface area contributed by atoms with Crippen molar-refractivity contribution < 1.29 is 18.0 Å². The molecule has 4 nitrogen and oxygen atoms in total. The zero-order valence-corrected chi connectivity index (χ0v) is 9.38. The van der Waals surface area contributed by atoms with Gasteiger partial charge in [-0.25, -0.2) is 8.42 Å². The minimum Gasteiger partial charge on any atom is -0.286 e. The molecule has 0 aliphatic heterocycles. The molecule has 0 bridgehead atoms. The maximum absolute atomic E-state index is 11.5. The standard InChI is InChI=1S/C10H5ClO4S/c11-16(14,15)9-3-1-2-7-6(9)4-5-8(12)10(7)13/h1-5H. The number of halogens is 1. The summed E-state index contributed by atoms with van der Waals surface area (Å²) in [7, 11) is 1.29. The summed E-state index contributed by atoms with van der Waals surface area (Å²) in [5, 5.41) is 0. The molecule has 1 aliphatic rings. The summed E-state index contributed by atoms with van der Waals surface area (Å²) in [6.45, 7) is 0. The van der Waals surface area contributed by atoms with Crippen LogP contribution in [0.25, 0.3) is 6.08 Å². The lowest BCUT2D eigenvalue weighted by atomic mass is 9.95. The van der Waals surface area contributed by atoms with Gasteiger partial charge in [-0.3, -0.25) is 9.59 Å². The van der Waals surface area contributed by atoms with Crippen molar-refractivity contribution in [3.05, 3.63) is 35.4 Å². The van der Waals surface area contributed by atoms with Crippen LogP contribution in [0.3, 0.4) is 0 Å². The highest BCUT2D eigenvalue weighted by Gasteiger charge is 2.25. The molecule has 0 amide bonds. The first kappa shape index (κ1) is 11.0. The average molecular weight is 257 g/mol. The Morgan fingerprint density at radius 1 is 1.06 bits per heavy atom. The molecule has 0 radical (unpaired) electrons. The van der Waals surface area contributed by atoms with E-state index in [-0.39, 0.29) is 16.0 Å². The van der Waals surface area contributed by atoms with Gasteiger partial charge in [0.2, 0.25) is 11.6 Å². The van der Waals surface area contributed by atoms with Gasteiger partial charge >= 0.3 is 0 Å². The van der Waals surface area contributed by atoms with Crippen LogP contribution in [0.1, 0.15) is 15.9 Å². The number of carbonyl (C=O) groups is 2. The highest BCUT2D eigenvalue weighted by molar-refractivity contribution is 8.13. The molecular formula is C10H5ClO4S. The number of carbonyl (C=O) groups excluding carboxylic acids is 2. The van der Waals surface area contributed by atoms with Gasteiger partial charge in [0.25, 0.3) is 9.05 Å². The lowest BCUT2D eigenvalue weighted by Crippen LogP contribution is -2.17. The maximum atomic E-state index is 11.5. The van der Waals surface area contributed by atoms with E-state index in [0.29, 0.717) is 0 Å². The van der Waals surface area contributed by atoms with Gasteiger partial charge in [0.05, 0.1) is 4.90 Å². The van der Waals surface area contributed by atoms with Crippen LogP contribution in [-0.4, -0.2) is 20.0 Å². The number of allylic oxidation sites excluding steroid dienone is 1. The first-order valence-corrected chi connectivity index (χ1v) is 6.56. The molecule has 0 N–H and O–H groups in total. The van der Waals surface area contributed by atoms with Crippen molar-refractivity contribution in [2.24, 2.45) is 0 Å². The number of hydrogen-bond acceptors (Lipinski definition) is 4. The second kappa shape index (κ2) is 3.54. The fourth-order valence-electron chi connectivity index (χ4n) is 1.49. The maximum Gasteiger partial charge on any atom is 0.261 e. The minimum atomic E-state index is -3.93. The molecule has 0 spiro atoms. The van der Waals surface area contributed by atoms with Gasteiger partial charge in [0.15, 0.2) is 0 Å². The smallest absolute Gasteiger partial charge is 0.261 e. The fourth-order valence-corrected chi connectivity index (χ4v) is 2.58. The Bertz CT molecular complexity index is 628. The first-order chi connectivity index (χ1) is 7.41. The molecule has 1 aromatic carbocycles. The quantitative estimate of drug-likeness (QED) is 0.562. The van der Waals surface area contributed by atoms with Crippen molar-refractivity contribution in [3.8, 4) is 0 Å². The van der Waals surface area contributed by atoms with Crippen LogP contribution in [0.2, 0.25) is 0 Å². The van der Waals surface area contributed by atoms with Crippen molar-refractivity contribution in [2.75, 3.05) is 0 Å². The molecule has 6 heteroatoms. The summed E-state index contributed by atoms with van der Waals surface area (Å²) in [5.41, 5.74) is 0.233. The Morgan fingerprint density at radius 3 is 2.38 bits per heavy atom. The van der Waals surface area contributed by atoms with E-state index in [1.54, 1.807) is 0 Å². The number of Topliss-reactive ketones (excluding diaryl/α,β-unsaturated/α-hetero) is 1. The molecule has 2 rings (SSSR count). The summed E-state index contributed by atoms with van der Waals surface area (Å²) in [5.74, 6) is -1.39. The summed E-state index contributed by atoms with van der Waals surface area (Å²) in [6.07, 6.45) is 2.32. The number of hydrogen-bond donors (Lipinski definition) is 0. The molecule has 0 saturated carbocycles. The van der Waals surface area contributed by atoms with Crippen molar-refractivity contribution in [1.82, 2.24) is 0 Å². The van der Waals surface area contributed by atoms with Crippen molar-refractivity contribution in [3.63, 3.8) is 0 Å². The van der Waals surface area contributed by atoms with Crippen LogP contribution in [0.15, 0.2) is 29.2 Å². The van der Waals surface area contributed by atoms with Gasteiger partial charge in [0, 0.05) is 21.8 Å². The first-order valence-electron chi connectivity index (χ1n) is 4.25. The van der Waals surface area contributed by atoms with E-state index in [1.165, 1.54) is 24.3 Å². The van der Waals surface area contributed by atoms with E-state index in [1.807, 2.05) is 0 Å². The van der Waals surface area contributed by atoms with Crippen molar-refractivity contribution >= 4 is 37.4 Å². The Labute approximate surface area is 96.0 Å². The van der Waals surface area contributed by atoms with Crippen LogP contribution in [-0.2, 0) is 13.8 Å². The lowest BCUT2D eigenvalue weighted by molar-refractivity contribution is -0.110. The van der Waals surface area contributed by atoms with Gasteiger partial charge in [0.1, 0.15) is 0 Å². The van der Waals surface area contributed by atoms with Gasteiger partial charge in [-0.05, 0) is 18.2 Å². The summed E-state index contributed by atoms with van der Waals surface area (Å²) in [4.78, 5) is 22.4. The van der Waals surface area contributed by atoms with Gasteiger partial charge in [-0.1, -0.05) is 12.1 Å². The van der Waals surface area contributed by atoms with Gasteiger partial charge in [-0.15, -0.1) is 0 Å². The summed E-state index contributed by atoms with van der Waals surface area (Å²) < 4.78 is 22.5. The minimum absolute atomic E-state index is 0.0641. The molecule has 0 atom stereocenters. The highest BCUT2D eigenvalue weighted by Crippen LogP contribution is 2.27. The number of ketones is 2.